The Hall–Kier alpha value is -2.40. The van der Waals surface area contributed by atoms with Crippen LogP contribution in [0, 0.1) is 0 Å². The molecule has 32 heavy (non-hydrogen) atoms. The number of aliphatic hydroxyl groups excluding tert-OH is 1. The summed E-state index contributed by atoms with van der Waals surface area (Å²) in [5.74, 6) is 0.0142. The lowest BCUT2D eigenvalue weighted by Gasteiger charge is -2.43. The first-order valence-corrected chi connectivity index (χ1v) is 11.8. The zero-order chi connectivity index (χ0) is 22.1. The second-order valence-corrected chi connectivity index (χ2v) is 9.32. The second-order valence-electron chi connectivity index (χ2n) is 8.88. The maximum atomic E-state index is 13.7. The monoisotopic (exact) mass is 449 g/mol. The molecule has 1 fully saturated rings. The van der Waals surface area contributed by atoms with Gasteiger partial charge < -0.3 is 14.7 Å². The van der Waals surface area contributed by atoms with E-state index in [1.54, 1.807) is 0 Å². The highest BCUT2D eigenvalue weighted by atomic mass is 35.5. The van der Waals surface area contributed by atoms with Crippen LogP contribution in [0.2, 0.25) is 5.02 Å². The van der Waals surface area contributed by atoms with Crippen LogP contribution in [0.15, 0.2) is 77.9 Å². The third-order valence-electron chi connectivity index (χ3n) is 6.83. The van der Waals surface area contributed by atoms with Gasteiger partial charge >= 0.3 is 0 Å². The summed E-state index contributed by atoms with van der Waals surface area (Å²) in [6.07, 6.45) is 8.08. The average Bonchev–Trinajstić information content (AvgIpc) is 3.33. The zero-order valence-corrected chi connectivity index (χ0v) is 18.8. The molecular weight excluding hydrogens is 422 g/mol. The standard InChI is InChI=1S/C27H28ClNO3/c28-21-12-10-20(11-13-21)27(32-23-15-14-22(30)18-23)25-9-5-4-8-24(25)26(31)29(27)17-16-19-6-2-1-3-7-19/h1-4,6-8,10-13,22-23,30H,5,9,14-18H2. The second kappa shape index (κ2) is 8.86. The fourth-order valence-corrected chi connectivity index (χ4v) is 5.41. The minimum Gasteiger partial charge on any atom is -0.393 e. The molecule has 1 saturated carbocycles. The van der Waals surface area contributed by atoms with E-state index < -0.39 is 5.72 Å². The molecule has 2 aliphatic carbocycles. The summed E-state index contributed by atoms with van der Waals surface area (Å²) in [6.45, 7) is 0.543. The van der Waals surface area contributed by atoms with Gasteiger partial charge in [-0.2, -0.15) is 0 Å². The fourth-order valence-electron chi connectivity index (χ4n) is 5.29. The molecule has 4 nitrogen and oxygen atoms in total. The molecule has 0 spiro atoms. The number of amides is 1. The molecule has 2 aromatic carbocycles. The molecule has 1 aliphatic heterocycles. The lowest BCUT2D eigenvalue weighted by atomic mass is 9.87. The summed E-state index contributed by atoms with van der Waals surface area (Å²) >= 11 is 6.22. The van der Waals surface area contributed by atoms with Crippen molar-refractivity contribution in [3.63, 3.8) is 0 Å². The van der Waals surface area contributed by atoms with Crippen LogP contribution >= 0.6 is 11.6 Å². The van der Waals surface area contributed by atoms with Gasteiger partial charge in [0.1, 0.15) is 0 Å². The van der Waals surface area contributed by atoms with Gasteiger partial charge in [-0.15, -0.1) is 0 Å². The quantitative estimate of drug-likeness (QED) is 0.663. The van der Waals surface area contributed by atoms with Gasteiger partial charge in [-0.3, -0.25) is 4.79 Å². The Kier molecular flexibility index (Phi) is 5.93. The normalized spacial score (nSPS) is 27.3. The van der Waals surface area contributed by atoms with E-state index in [0.29, 0.717) is 18.0 Å². The molecule has 0 bridgehead atoms. The van der Waals surface area contributed by atoms with Crippen LogP contribution in [0.5, 0.6) is 0 Å². The predicted molar refractivity (Wildman–Crippen MR) is 125 cm³/mol. The topological polar surface area (TPSA) is 49.8 Å². The molecule has 0 aromatic heterocycles. The van der Waals surface area contributed by atoms with Crippen LogP contribution in [0.3, 0.4) is 0 Å². The average molecular weight is 450 g/mol. The van der Waals surface area contributed by atoms with Gasteiger partial charge in [0.15, 0.2) is 5.72 Å². The number of aliphatic hydroxyl groups is 1. The van der Waals surface area contributed by atoms with Crippen LogP contribution in [0.25, 0.3) is 0 Å². The van der Waals surface area contributed by atoms with Gasteiger partial charge in [-0.1, -0.05) is 66.2 Å². The molecule has 3 unspecified atom stereocenters. The van der Waals surface area contributed by atoms with E-state index in [0.717, 1.165) is 48.8 Å². The highest BCUT2D eigenvalue weighted by molar-refractivity contribution is 6.30. The van der Waals surface area contributed by atoms with Gasteiger partial charge in [0, 0.05) is 22.7 Å². The highest BCUT2D eigenvalue weighted by Crippen LogP contribution is 2.50. The van der Waals surface area contributed by atoms with Crippen molar-refractivity contribution >= 4 is 17.5 Å². The maximum Gasteiger partial charge on any atom is 0.256 e. The van der Waals surface area contributed by atoms with E-state index in [4.69, 9.17) is 16.3 Å². The van der Waals surface area contributed by atoms with E-state index in [-0.39, 0.29) is 18.1 Å². The Labute approximate surface area is 194 Å². The van der Waals surface area contributed by atoms with Gasteiger partial charge in [0.25, 0.3) is 5.91 Å². The number of hydrogen-bond acceptors (Lipinski definition) is 3. The van der Waals surface area contributed by atoms with E-state index in [2.05, 4.69) is 18.2 Å². The van der Waals surface area contributed by atoms with Crippen molar-refractivity contribution in [2.45, 2.75) is 56.5 Å². The maximum absolute atomic E-state index is 13.7. The molecule has 0 radical (unpaired) electrons. The molecule has 1 N–H and O–H groups in total. The first-order valence-electron chi connectivity index (χ1n) is 11.5. The van der Waals surface area contributed by atoms with Crippen molar-refractivity contribution in [2.75, 3.05) is 6.54 Å². The highest BCUT2D eigenvalue weighted by Gasteiger charge is 2.54. The van der Waals surface area contributed by atoms with Gasteiger partial charge in [-0.25, -0.2) is 0 Å². The molecule has 3 atom stereocenters. The molecule has 1 heterocycles. The molecule has 0 saturated heterocycles. The number of benzene rings is 2. The van der Waals surface area contributed by atoms with Crippen LogP contribution in [0.4, 0.5) is 0 Å². The van der Waals surface area contributed by atoms with E-state index in [1.807, 2.05) is 53.4 Å². The number of halogens is 1. The van der Waals surface area contributed by atoms with Crippen molar-refractivity contribution in [1.29, 1.82) is 0 Å². The minimum atomic E-state index is -0.967. The predicted octanol–water partition coefficient (Wildman–Crippen LogP) is 5.15. The fraction of sp³-hybridized carbons (Fsp3) is 0.370. The third-order valence-corrected chi connectivity index (χ3v) is 7.08. The number of hydrogen-bond donors (Lipinski definition) is 1. The number of carbonyl (C=O) groups excluding carboxylic acids is 1. The summed E-state index contributed by atoms with van der Waals surface area (Å²) in [7, 11) is 0. The number of ether oxygens (including phenoxy) is 1. The molecule has 3 aliphatic rings. The number of rotatable bonds is 6. The number of carbonyl (C=O) groups is 1. The molecule has 1 amide bonds. The van der Waals surface area contributed by atoms with Crippen molar-refractivity contribution < 1.29 is 14.6 Å². The largest absolute Gasteiger partial charge is 0.393 e. The zero-order valence-electron chi connectivity index (χ0n) is 18.0. The van der Waals surface area contributed by atoms with Crippen molar-refractivity contribution in [1.82, 2.24) is 4.90 Å². The van der Waals surface area contributed by atoms with E-state index in [1.165, 1.54) is 5.56 Å². The van der Waals surface area contributed by atoms with Crippen LogP contribution in [-0.2, 0) is 21.7 Å². The summed E-state index contributed by atoms with van der Waals surface area (Å²) in [5.41, 5.74) is 2.91. The van der Waals surface area contributed by atoms with E-state index >= 15 is 0 Å². The van der Waals surface area contributed by atoms with Crippen molar-refractivity contribution in [2.24, 2.45) is 0 Å². The summed E-state index contributed by atoms with van der Waals surface area (Å²) in [4.78, 5) is 15.6. The van der Waals surface area contributed by atoms with Crippen molar-refractivity contribution in [3.05, 3.63) is 94.0 Å². The van der Waals surface area contributed by atoms with Crippen LogP contribution in [0.1, 0.15) is 43.2 Å². The Balaban J connectivity index is 1.59. The molecule has 2 aromatic rings. The Bertz CT molecular complexity index is 1050. The first-order chi connectivity index (χ1) is 15.6. The first kappa shape index (κ1) is 21.4. The number of allylic oxidation sites excluding steroid dienone is 1. The summed E-state index contributed by atoms with van der Waals surface area (Å²) in [6, 6.07) is 17.9. The molecule has 5 heteroatoms. The lowest BCUT2D eigenvalue weighted by Crippen LogP contribution is -2.50. The summed E-state index contributed by atoms with van der Waals surface area (Å²) in [5, 5.41) is 10.8. The number of nitrogens with zero attached hydrogens (tertiary/aromatic N) is 1. The van der Waals surface area contributed by atoms with Gasteiger partial charge in [0.2, 0.25) is 0 Å². The SMILES string of the molecule is O=C1C2=C(CCC=C2)C(OC2CCC(O)C2)(c2ccc(Cl)cc2)N1CCc1ccccc1. The van der Waals surface area contributed by atoms with Crippen molar-refractivity contribution in [3.8, 4) is 0 Å². The Morgan fingerprint density at radius 1 is 1.09 bits per heavy atom. The summed E-state index contributed by atoms with van der Waals surface area (Å²) < 4.78 is 6.91. The Morgan fingerprint density at radius 3 is 2.59 bits per heavy atom. The smallest absolute Gasteiger partial charge is 0.256 e. The van der Waals surface area contributed by atoms with Gasteiger partial charge in [0.05, 0.1) is 12.2 Å². The van der Waals surface area contributed by atoms with Gasteiger partial charge in [-0.05, 0) is 61.8 Å². The van der Waals surface area contributed by atoms with Crippen LogP contribution in [-0.4, -0.2) is 34.7 Å². The third kappa shape index (κ3) is 3.81. The molecular formula is C27H28ClNO3. The minimum absolute atomic E-state index is 0.0142. The molecule has 166 valence electrons. The van der Waals surface area contributed by atoms with E-state index in [9.17, 15) is 9.90 Å². The molecule has 5 rings (SSSR count). The Morgan fingerprint density at radius 2 is 1.88 bits per heavy atom. The lowest BCUT2D eigenvalue weighted by molar-refractivity contribution is -0.174. The van der Waals surface area contributed by atoms with Crippen LogP contribution < -0.4 is 0 Å².